The van der Waals surface area contributed by atoms with E-state index in [9.17, 15) is 17.6 Å². The van der Waals surface area contributed by atoms with Crippen LogP contribution < -0.4 is 0 Å². The maximum Gasteiger partial charge on any atom is 0.309 e. The van der Waals surface area contributed by atoms with Crippen molar-refractivity contribution in [3.8, 4) is 11.4 Å². The number of sulfonamides is 1. The Morgan fingerprint density at radius 3 is 2.59 bits per heavy atom. The Balaban J connectivity index is 1.51. The van der Waals surface area contributed by atoms with Crippen molar-refractivity contribution >= 4 is 16.0 Å². The summed E-state index contributed by atoms with van der Waals surface area (Å²) in [6, 6.07) is 5.62. The fourth-order valence-corrected chi connectivity index (χ4v) is 3.96. The molecule has 0 aliphatic carbocycles. The van der Waals surface area contributed by atoms with Crippen LogP contribution in [0.15, 0.2) is 28.8 Å². The Hall–Kier alpha value is -2.33. The molecule has 3 rings (SSSR count). The Kier molecular flexibility index (Phi) is 5.85. The largest absolute Gasteiger partial charge is 0.455 e. The molecule has 0 atom stereocenters. The lowest BCUT2D eigenvalue weighted by molar-refractivity contribution is -0.152. The molecule has 0 saturated carbocycles. The highest BCUT2D eigenvalue weighted by Crippen LogP contribution is 2.22. The molecule has 1 aromatic heterocycles. The van der Waals surface area contributed by atoms with Crippen molar-refractivity contribution in [2.45, 2.75) is 26.4 Å². The Morgan fingerprint density at radius 2 is 1.96 bits per heavy atom. The zero-order chi connectivity index (χ0) is 19.4. The van der Waals surface area contributed by atoms with E-state index in [-0.39, 0.29) is 35.8 Å². The van der Waals surface area contributed by atoms with Crippen LogP contribution in [0, 0.1) is 11.7 Å². The predicted molar refractivity (Wildman–Crippen MR) is 93.2 cm³/mol. The molecule has 2 aromatic rings. The summed E-state index contributed by atoms with van der Waals surface area (Å²) in [5.74, 6) is -0.671. The van der Waals surface area contributed by atoms with Crippen LogP contribution in [-0.2, 0) is 26.2 Å². The molecule has 1 saturated heterocycles. The number of hydrogen-bond acceptors (Lipinski definition) is 7. The lowest BCUT2D eigenvalue weighted by atomic mass is 9.98. The van der Waals surface area contributed by atoms with Crippen molar-refractivity contribution in [2.24, 2.45) is 5.92 Å². The highest BCUT2D eigenvalue weighted by molar-refractivity contribution is 7.89. The zero-order valence-electron chi connectivity index (χ0n) is 14.8. The number of nitrogens with zero attached hydrogens (tertiary/aromatic N) is 3. The summed E-state index contributed by atoms with van der Waals surface area (Å²) in [5.41, 5.74) is 0.585. The Morgan fingerprint density at radius 1 is 1.30 bits per heavy atom. The lowest BCUT2D eigenvalue weighted by Gasteiger charge is -2.29. The Labute approximate surface area is 156 Å². The van der Waals surface area contributed by atoms with Gasteiger partial charge in [-0.15, -0.1) is 0 Å². The number of piperidine rings is 1. The molecule has 8 nitrogen and oxygen atoms in total. The molecule has 146 valence electrons. The summed E-state index contributed by atoms with van der Waals surface area (Å²) in [5, 5.41) is 3.78. The molecule has 0 N–H and O–H groups in total. The van der Waals surface area contributed by atoms with Gasteiger partial charge in [0.15, 0.2) is 6.61 Å². The smallest absolute Gasteiger partial charge is 0.309 e. The molecule has 0 bridgehead atoms. The van der Waals surface area contributed by atoms with E-state index in [0.29, 0.717) is 31.5 Å². The molecule has 1 aliphatic heterocycles. The minimum Gasteiger partial charge on any atom is -0.455 e. The van der Waals surface area contributed by atoms with Crippen LogP contribution in [0.4, 0.5) is 4.39 Å². The molecular formula is C17H20FN3O5S. The SMILES string of the molecule is CCS(=O)(=O)N1CCC(C(=O)OCc2nc(-c3ccc(F)cc3)no2)CC1. The van der Waals surface area contributed by atoms with Gasteiger partial charge in [0.25, 0.3) is 5.89 Å². The molecule has 0 amide bonds. The van der Waals surface area contributed by atoms with E-state index in [1.54, 1.807) is 6.92 Å². The lowest BCUT2D eigenvalue weighted by Crippen LogP contribution is -2.41. The topological polar surface area (TPSA) is 103 Å². The number of carbonyl (C=O) groups is 1. The van der Waals surface area contributed by atoms with Crippen molar-refractivity contribution in [1.82, 2.24) is 14.4 Å². The highest BCUT2D eigenvalue weighted by Gasteiger charge is 2.31. The summed E-state index contributed by atoms with van der Waals surface area (Å²) in [7, 11) is -3.23. The highest BCUT2D eigenvalue weighted by atomic mass is 32.2. The summed E-state index contributed by atoms with van der Waals surface area (Å²) in [6.07, 6.45) is 0.839. The van der Waals surface area contributed by atoms with E-state index in [4.69, 9.17) is 9.26 Å². The number of ether oxygens (including phenoxy) is 1. The molecule has 1 aromatic carbocycles. The van der Waals surface area contributed by atoms with E-state index >= 15 is 0 Å². The third-order valence-corrected chi connectivity index (χ3v) is 6.34. The maximum absolute atomic E-state index is 12.9. The molecule has 0 unspecified atom stereocenters. The first-order valence-corrected chi connectivity index (χ1v) is 10.2. The molecule has 27 heavy (non-hydrogen) atoms. The fraction of sp³-hybridized carbons (Fsp3) is 0.471. The van der Waals surface area contributed by atoms with Crippen molar-refractivity contribution in [3.05, 3.63) is 36.0 Å². The van der Waals surface area contributed by atoms with Gasteiger partial charge in [0.05, 0.1) is 11.7 Å². The van der Waals surface area contributed by atoms with Gasteiger partial charge in [-0.05, 0) is 44.0 Å². The molecule has 1 aliphatic rings. The van der Waals surface area contributed by atoms with E-state index in [2.05, 4.69) is 10.1 Å². The third-order valence-electron chi connectivity index (χ3n) is 4.45. The molecule has 10 heteroatoms. The molecule has 0 radical (unpaired) electrons. The summed E-state index contributed by atoms with van der Waals surface area (Å²) < 4.78 is 48.3. The number of benzene rings is 1. The first-order chi connectivity index (χ1) is 12.9. The number of carbonyl (C=O) groups excluding carboxylic acids is 1. The number of hydrogen-bond donors (Lipinski definition) is 0. The second kappa shape index (κ2) is 8.13. The fourth-order valence-electron chi connectivity index (χ4n) is 2.83. The van der Waals surface area contributed by atoms with Crippen LogP contribution >= 0.6 is 0 Å². The van der Waals surface area contributed by atoms with Gasteiger partial charge < -0.3 is 9.26 Å². The molecular weight excluding hydrogens is 377 g/mol. The standard InChI is InChI=1S/C17H20FN3O5S/c1-2-27(23,24)21-9-7-13(8-10-21)17(22)25-11-15-19-16(20-26-15)12-3-5-14(18)6-4-12/h3-6,13H,2,7-11H2,1H3. The van der Waals surface area contributed by atoms with Gasteiger partial charge in [-0.1, -0.05) is 5.16 Å². The van der Waals surface area contributed by atoms with Crippen molar-refractivity contribution < 1.29 is 26.9 Å². The van der Waals surface area contributed by atoms with Gasteiger partial charge >= 0.3 is 5.97 Å². The van der Waals surface area contributed by atoms with Gasteiger partial charge in [0, 0.05) is 18.7 Å². The van der Waals surface area contributed by atoms with E-state index in [1.807, 2.05) is 0 Å². The van der Waals surface area contributed by atoms with Crippen LogP contribution in [-0.4, -0.2) is 47.7 Å². The van der Waals surface area contributed by atoms with E-state index in [0.717, 1.165) is 0 Å². The zero-order valence-corrected chi connectivity index (χ0v) is 15.6. The normalized spacial score (nSPS) is 16.4. The number of aromatic nitrogens is 2. The second-order valence-electron chi connectivity index (χ2n) is 6.20. The van der Waals surface area contributed by atoms with Gasteiger partial charge in [-0.25, -0.2) is 17.1 Å². The number of rotatable bonds is 6. The van der Waals surface area contributed by atoms with Crippen molar-refractivity contribution in [2.75, 3.05) is 18.8 Å². The van der Waals surface area contributed by atoms with Crippen LogP contribution in [0.25, 0.3) is 11.4 Å². The minimum atomic E-state index is -3.23. The van der Waals surface area contributed by atoms with Crippen LogP contribution in [0.2, 0.25) is 0 Å². The number of halogens is 1. The average Bonchev–Trinajstić information content (AvgIpc) is 3.16. The van der Waals surface area contributed by atoms with Gasteiger partial charge in [0.2, 0.25) is 15.8 Å². The average molecular weight is 397 g/mol. The van der Waals surface area contributed by atoms with Gasteiger partial charge in [-0.2, -0.15) is 4.98 Å². The second-order valence-corrected chi connectivity index (χ2v) is 8.46. The van der Waals surface area contributed by atoms with Crippen LogP contribution in [0.3, 0.4) is 0 Å². The first-order valence-electron chi connectivity index (χ1n) is 8.62. The van der Waals surface area contributed by atoms with E-state index < -0.39 is 16.0 Å². The monoisotopic (exact) mass is 397 g/mol. The van der Waals surface area contributed by atoms with Crippen LogP contribution in [0.1, 0.15) is 25.7 Å². The maximum atomic E-state index is 12.9. The summed E-state index contributed by atoms with van der Waals surface area (Å²) in [4.78, 5) is 16.3. The van der Waals surface area contributed by atoms with Crippen molar-refractivity contribution in [1.29, 1.82) is 0 Å². The van der Waals surface area contributed by atoms with Crippen LogP contribution in [0.5, 0.6) is 0 Å². The minimum absolute atomic E-state index is 0.0513. The number of esters is 1. The summed E-state index contributed by atoms with van der Waals surface area (Å²) in [6.45, 7) is 2.05. The Bertz CT molecular complexity index is 890. The summed E-state index contributed by atoms with van der Waals surface area (Å²) >= 11 is 0. The molecule has 1 fully saturated rings. The van der Waals surface area contributed by atoms with Crippen molar-refractivity contribution in [3.63, 3.8) is 0 Å². The molecule has 0 spiro atoms. The van der Waals surface area contributed by atoms with Gasteiger partial charge in [-0.3, -0.25) is 4.79 Å². The first kappa shape index (κ1) is 19.4. The van der Waals surface area contributed by atoms with Gasteiger partial charge in [0.1, 0.15) is 5.82 Å². The molecule has 2 heterocycles. The van der Waals surface area contributed by atoms with E-state index in [1.165, 1.54) is 28.6 Å². The quantitative estimate of drug-likeness (QED) is 0.687. The third kappa shape index (κ3) is 4.69. The predicted octanol–water partition coefficient (Wildman–Crippen LogP) is 1.98.